The second kappa shape index (κ2) is 4.42. The summed E-state index contributed by atoms with van der Waals surface area (Å²) >= 11 is 0. The fourth-order valence-electron chi connectivity index (χ4n) is 1.64. The molecular weight excluding hydrogens is 176 g/mol. The van der Waals surface area contributed by atoms with E-state index >= 15 is 0 Å². The van der Waals surface area contributed by atoms with Gasteiger partial charge in [-0.05, 0) is 37.3 Å². The van der Waals surface area contributed by atoms with Gasteiger partial charge in [-0.2, -0.15) is 0 Å². The van der Waals surface area contributed by atoms with Crippen LogP contribution in [0.2, 0.25) is 0 Å². The van der Waals surface area contributed by atoms with Crippen molar-refractivity contribution in [2.45, 2.75) is 39.2 Å². The summed E-state index contributed by atoms with van der Waals surface area (Å²) in [5.41, 5.74) is 7.91. The highest BCUT2D eigenvalue weighted by Gasteiger charge is 2.12. The Morgan fingerprint density at radius 1 is 1.50 bits per heavy atom. The molecule has 1 aromatic heterocycles. The summed E-state index contributed by atoms with van der Waals surface area (Å²) in [6.07, 6.45) is 2.17. The van der Waals surface area contributed by atoms with Crippen LogP contribution in [0.4, 0.5) is 5.82 Å². The van der Waals surface area contributed by atoms with Crippen molar-refractivity contribution in [3.63, 3.8) is 0 Å². The summed E-state index contributed by atoms with van der Waals surface area (Å²) in [5, 5.41) is 9.28. The third-order valence-electron chi connectivity index (χ3n) is 2.31. The number of aromatic nitrogens is 1. The summed E-state index contributed by atoms with van der Waals surface area (Å²) in [6.45, 7) is 5.83. The van der Waals surface area contributed by atoms with Crippen molar-refractivity contribution in [1.29, 1.82) is 0 Å². The minimum absolute atomic E-state index is 0.252. The third kappa shape index (κ3) is 2.70. The molecule has 1 aromatic rings. The lowest BCUT2D eigenvalue weighted by atomic mass is 9.95. The van der Waals surface area contributed by atoms with E-state index in [9.17, 15) is 5.11 Å². The minimum Gasteiger partial charge on any atom is -0.393 e. The Morgan fingerprint density at radius 3 is 2.71 bits per heavy atom. The third-order valence-corrected chi connectivity index (χ3v) is 2.31. The highest BCUT2D eigenvalue weighted by molar-refractivity contribution is 5.42. The molecule has 1 rings (SSSR count). The van der Waals surface area contributed by atoms with E-state index in [1.165, 1.54) is 0 Å². The number of nitrogen functional groups attached to an aromatic ring is 1. The van der Waals surface area contributed by atoms with Crippen molar-refractivity contribution < 1.29 is 5.11 Å². The summed E-state index contributed by atoms with van der Waals surface area (Å²) in [5.74, 6) is 0.825. The van der Waals surface area contributed by atoms with Crippen LogP contribution in [0.3, 0.4) is 0 Å². The Kier molecular flexibility index (Phi) is 3.47. The number of pyridine rings is 1. The zero-order valence-electron chi connectivity index (χ0n) is 8.99. The van der Waals surface area contributed by atoms with Gasteiger partial charge in [-0.15, -0.1) is 0 Å². The number of aliphatic hydroxyl groups is 1. The van der Waals surface area contributed by atoms with E-state index in [0.717, 1.165) is 17.5 Å². The van der Waals surface area contributed by atoms with E-state index in [1.807, 2.05) is 13.0 Å². The predicted octanol–water partition coefficient (Wildman–Crippen LogP) is 1.85. The van der Waals surface area contributed by atoms with Crippen LogP contribution in [0.15, 0.2) is 12.3 Å². The molecule has 0 radical (unpaired) electrons. The standard InChI is InChI=1S/C11H18N2O/c1-7-4-10(11(12)13-6-7)8(2)5-9(3)14/h4,6,8-9,14H,5H2,1-3H3,(H2,12,13). The lowest BCUT2D eigenvalue weighted by molar-refractivity contribution is 0.176. The van der Waals surface area contributed by atoms with E-state index in [1.54, 1.807) is 13.1 Å². The van der Waals surface area contributed by atoms with E-state index in [2.05, 4.69) is 11.9 Å². The summed E-state index contributed by atoms with van der Waals surface area (Å²) in [6, 6.07) is 2.04. The van der Waals surface area contributed by atoms with E-state index < -0.39 is 0 Å². The quantitative estimate of drug-likeness (QED) is 0.772. The number of nitrogens with zero attached hydrogens (tertiary/aromatic N) is 1. The predicted molar refractivity (Wildman–Crippen MR) is 58.1 cm³/mol. The van der Waals surface area contributed by atoms with Crippen LogP contribution in [-0.4, -0.2) is 16.2 Å². The molecule has 0 amide bonds. The summed E-state index contributed by atoms with van der Waals surface area (Å²) in [4.78, 5) is 4.10. The van der Waals surface area contributed by atoms with Gasteiger partial charge in [-0.3, -0.25) is 0 Å². The van der Waals surface area contributed by atoms with Gasteiger partial charge in [-0.1, -0.05) is 13.0 Å². The van der Waals surface area contributed by atoms with Crippen LogP contribution in [0.5, 0.6) is 0 Å². The highest BCUT2D eigenvalue weighted by Crippen LogP contribution is 2.25. The van der Waals surface area contributed by atoms with Gasteiger partial charge in [0, 0.05) is 6.20 Å². The van der Waals surface area contributed by atoms with Gasteiger partial charge >= 0.3 is 0 Å². The zero-order chi connectivity index (χ0) is 10.7. The second-order valence-corrected chi connectivity index (χ2v) is 3.97. The van der Waals surface area contributed by atoms with Gasteiger partial charge in [0.1, 0.15) is 5.82 Å². The van der Waals surface area contributed by atoms with E-state index in [-0.39, 0.29) is 12.0 Å². The lowest BCUT2D eigenvalue weighted by Crippen LogP contribution is -2.09. The lowest BCUT2D eigenvalue weighted by Gasteiger charge is -2.15. The first kappa shape index (κ1) is 11.0. The van der Waals surface area contributed by atoms with Crippen LogP contribution in [-0.2, 0) is 0 Å². The fraction of sp³-hybridized carbons (Fsp3) is 0.545. The molecular formula is C11H18N2O. The molecule has 0 bridgehead atoms. The number of aryl methyl sites for hydroxylation is 1. The number of anilines is 1. The Labute approximate surface area is 85.0 Å². The van der Waals surface area contributed by atoms with Gasteiger partial charge in [-0.25, -0.2) is 4.98 Å². The minimum atomic E-state index is -0.301. The first-order valence-electron chi connectivity index (χ1n) is 4.90. The van der Waals surface area contributed by atoms with Crippen LogP contribution in [0.25, 0.3) is 0 Å². The number of nitrogens with two attached hydrogens (primary N) is 1. The maximum atomic E-state index is 9.28. The molecule has 0 aliphatic heterocycles. The molecule has 3 N–H and O–H groups in total. The Hall–Kier alpha value is -1.09. The molecule has 2 unspecified atom stereocenters. The van der Waals surface area contributed by atoms with Crippen molar-refractivity contribution in [2.75, 3.05) is 5.73 Å². The molecule has 3 nitrogen and oxygen atoms in total. The second-order valence-electron chi connectivity index (χ2n) is 3.97. The van der Waals surface area contributed by atoms with Crippen LogP contribution in [0.1, 0.15) is 37.3 Å². The van der Waals surface area contributed by atoms with Crippen LogP contribution < -0.4 is 5.73 Å². The van der Waals surface area contributed by atoms with Crippen LogP contribution >= 0.6 is 0 Å². The van der Waals surface area contributed by atoms with Crippen molar-refractivity contribution >= 4 is 5.82 Å². The van der Waals surface area contributed by atoms with E-state index in [4.69, 9.17) is 5.73 Å². The molecule has 0 fully saturated rings. The highest BCUT2D eigenvalue weighted by atomic mass is 16.3. The van der Waals surface area contributed by atoms with Gasteiger partial charge in [0.15, 0.2) is 0 Å². The topological polar surface area (TPSA) is 59.1 Å². The van der Waals surface area contributed by atoms with Crippen molar-refractivity contribution in [2.24, 2.45) is 0 Å². The molecule has 0 saturated carbocycles. The normalized spacial score (nSPS) is 15.1. The maximum Gasteiger partial charge on any atom is 0.126 e. The molecule has 14 heavy (non-hydrogen) atoms. The van der Waals surface area contributed by atoms with Gasteiger partial charge in [0.2, 0.25) is 0 Å². The molecule has 1 heterocycles. The monoisotopic (exact) mass is 194 g/mol. The molecule has 0 spiro atoms. The number of aliphatic hydroxyl groups excluding tert-OH is 1. The van der Waals surface area contributed by atoms with Crippen molar-refractivity contribution in [1.82, 2.24) is 4.98 Å². The number of hydrogen-bond acceptors (Lipinski definition) is 3. The molecule has 2 atom stereocenters. The molecule has 3 heteroatoms. The number of rotatable bonds is 3. The first-order chi connectivity index (χ1) is 6.50. The van der Waals surface area contributed by atoms with Gasteiger partial charge < -0.3 is 10.8 Å². The zero-order valence-corrected chi connectivity index (χ0v) is 8.99. The first-order valence-corrected chi connectivity index (χ1v) is 4.90. The van der Waals surface area contributed by atoms with E-state index in [0.29, 0.717) is 5.82 Å². The molecule has 0 saturated heterocycles. The molecule has 0 aromatic carbocycles. The molecule has 0 aliphatic carbocycles. The summed E-state index contributed by atoms with van der Waals surface area (Å²) in [7, 11) is 0. The SMILES string of the molecule is Cc1cnc(N)c(C(C)CC(C)O)c1. The van der Waals surface area contributed by atoms with Gasteiger partial charge in [0.05, 0.1) is 6.10 Å². The van der Waals surface area contributed by atoms with Gasteiger partial charge in [0.25, 0.3) is 0 Å². The molecule has 78 valence electrons. The average Bonchev–Trinajstić information content (AvgIpc) is 2.08. The number of hydrogen-bond donors (Lipinski definition) is 2. The van der Waals surface area contributed by atoms with Crippen LogP contribution in [0, 0.1) is 6.92 Å². The Morgan fingerprint density at radius 2 is 2.14 bits per heavy atom. The largest absolute Gasteiger partial charge is 0.393 e. The maximum absolute atomic E-state index is 9.28. The molecule has 0 aliphatic rings. The average molecular weight is 194 g/mol. The summed E-state index contributed by atoms with van der Waals surface area (Å²) < 4.78 is 0. The smallest absolute Gasteiger partial charge is 0.126 e. The fourth-order valence-corrected chi connectivity index (χ4v) is 1.64. The van der Waals surface area contributed by atoms with Crippen molar-refractivity contribution in [3.8, 4) is 0 Å². The Balaban J connectivity index is 2.88. The van der Waals surface area contributed by atoms with Crippen molar-refractivity contribution in [3.05, 3.63) is 23.4 Å². The Bertz CT molecular complexity index is 310.